The van der Waals surface area contributed by atoms with Gasteiger partial charge in [-0.2, -0.15) is 0 Å². The quantitative estimate of drug-likeness (QED) is 0.481. The van der Waals surface area contributed by atoms with Crippen molar-refractivity contribution in [2.75, 3.05) is 46.3 Å². The average molecular weight is 448 g/mol. The lowest BCUT2D eigenvalue weighted by molar-refractivity contribution is -0.114. The van der Waals surface area contributed by atoms with Crippen molar-refractivity contribution in [3.05, 3.63) is 54.1 Å². The number of para-hydroxylation sites is 1. The van der Waals surface area contributed by atoms with Crippen molar-refractivity contribution in [1.82, 2.24) is 9.88 Å². The molecular formula is C22H26ClN3O3S. The molecule has 3 rings (SSSR count). The van der Waals surface area contributed by atoms with Gasteiger partial charge in [0.15, 0.2) is 16.6 Å². The Hall–Kier alpha value is -2.61. The Kier molecular flexibility index (Phi) is 8.65. The summed E-state index contributed by atoms with van der Waals surface area (Å²) in [5.41, 5.74) is 1.76. The molecule has 1 amide bonds. The van der Waals surface area contributed by atoms with Crippen LogP contribution in [0.1, 0.15) is 5.56 Å². The number of carbonyl (C=O) groups is 1. The van der Waals surface area contributed by atoms with E-state index in [0.717, 1.165) is 22.3 Å². The van der Waals surface area contributed by atoms with E-state index < -0.39 is 0 Å². The molecule has 0 N–H and O–H groups in total. The highest BCUT2D eigenvalue weighted by Gasteiger charge is 2.18. The van der Waals surface area contributed by atoms with Crippen LogP contribution in [0, 0.1) is 0 Å². The molecule has 0 aliphatic rings. The van der Waals surface area contributed by atoms with Crippen molar-refractivity contribution in [3.8, 4) is 11.5 Å². The third-order valence-electron chi connectivity index (χ3n) is 4.38. The van der Waals surface area contributed by atoms with Gasteiger partial charge >= 0.3 is 0 Å². The SMILES string of the molecule is COc1ccc(C=CC(=O)N(CCN(C)C)c2nc3ccccc3s2)cc1OC.Cl. The highest BCUT2D eigenvalue weighted by atomic mass is 35.5. The first-order valence-electron chi connectivity index (χ1n) is 9.23. The second kappa shape index (κ2) is 11.0. The number of thiazole rings is 1. The van der Waals surface area contributed by atoms with Gasteiger partial charge in [0.1, 0.15) is 0 Å². The number of halogens is 1. The minimum Gasteiger partial charge on any atom is -0.493 e. The minimum absolute atomic E-state index is 0. The number of carbonyl (C=O) groups excluding carboxylic acids is 1. The lowest BCUT2D eigenvalue weighted by Gasteiger charge is -2.20. The number of methoxy groups -OCH3 is 2. The van der Waals surface area contributed by atoms with E-state index in [1.165, 1.54) is 11.3 Å². The topological polar surface area (TPSA) is 54.9 Å². The molecule has 1 heterocycles. The Bertz CT molecular complexity index is 987. The Morgan fingerprint density at radius 1 is 1.07 bits per heavy atom. The summed E-state index contributed by atoms with van der Waals surface area (Å²) in [6, 6.07) is 13.5. The number of anilines is 1. The minimum atomic E-state index is -0.110. The molecule has 0 aliphatic heterocycles. The van der Waals surface area contributed by atoms with Gasteiger partial charge in [0.05, 0.1) is 24.4 Å². The van der Waals surface area contributed by atoms with Gasteiger partial charge in [-0.3, -0.25) is 9.69 Å². The van der Waals surface area contributed by atoms with Gasteiger partial charge in [-0.25, -0.2) is 4.98 Å². The van der Waals surface area contributed by atoms with Crippen LogP contribution in [0.5, 0.6) is 11.5 Å². The first-order valence-corrected chi connectivity index (χ1v) is 10.1. The Morgan fingerprint density at radius 3 is 2.47 bits per heavy atom. The van der Waals surface area contributed by atoms with E-state index in [9.17, 15) is 4.79 Å². The molecule has 0 fully saturated rings. The number of hydrogen-bond donors (Lipinski definition) is 0. The highest BCUT2D eigenvalue weighted by Crippen LogP contribution is 2.30. The van der Waals surface area contributed by atoms with Crippen LogP contribution in [0.15, 0.2) is 48.5 Å². The maximum atomic E-state index is 13.0. The Morgan fingerprint density at radius 2 is 1.80 bits per heavy atom. The average Bonchev–Trinajstić information content (AvgIpc) is 3.15. The molecule has 0 aliphatic carbocycles. The maximum absolute atomic E-state index is 13.0. The lowest BCUT2D eigenvalue weighted by Crippen LogP contribution is -2.35. The molecule has 2 aromatic carbocycles. The first-order chi connectivity index (χ1) is 14.0. The molecule has 160 valence electrons. The van der Waals surface area contributed by atoms with Gasteiger partial charge in [0.2, 0.25) is 0 Å². The number of hydrogen-bond acceptors (Lipinski definition) is 6. The molecule has 30 heavy (non-hydrogen) atoms. The van der Waals surface area contributed by atoms with E-state index in [4.69, 9.17) is 9.47 Å². The summed E-state index contributed by atoms with van der Waals surface area (Å²) in [4.78, 5) is 21.4. The number of ether oxygens (including phenoxy) is 2. The predicted molar refractivity (Wildman–Crippen MR) is 126 cm³/mol. The molecule has 8 heteroatoms. The molecule has 3 aromatic rings. The molecule has 0 spiro atoms. The fourth-order valence-electron chi connectivity index (χ4n) is 2.79. The van der Waals surface area contributed by atoms with Crippen molar-refractivity contribution in [1.29, 1.82) is 0 Å². The molecule has 0 saturated carbocycles. The van der Waals surface area contributed by atoms with Crippen molar-refractivity contribution >= 4 is 51.1 Å². The van der Waals surface area contributed by atoms with Gasteiger partial charge in [0, 0.05) is 19.2 Å². The fourth-order valence-corrected chi connectivity index (χ4v) is 3.79. The van der Waals surface area contributed by atoms with Crippen molar-refractivity contribution in [2.24, 2.45) is 0 Å². The van der Waals surface area contributed by atoms with Crippen LogP contribution in [-0.4, -0.2) is 57.2 Å². The largest absolute Gasteiger partial charge is 0.493 e. The molecule has 0 bridgehead atoms. The highest BCUT2D eigenvalue weighted by molar-refractivity contribution is 7.22. The zero-order chi connectivity index (χ0) is 20.8. The van der Waals surface area contributed by atoms with Gasteiger partial charge in [0.25, 0.3) is 5.91 Å². The van der Waals surface area contributed by atoms with E-state index in [2.05, 4.69) is 4.98 Å². The molecule has 0 radical (unpaired) electrons. The van der Waals surface area contributed by atoms with E-state index in [-0.39, 0.29) is 18.3 Å². The number of benzene rings is 2. The zero-order valence-corrected chi connectivity index (χ0v) is 19.1. The van der Waals surface area contributed by atoms with Gasteiger partial charge in [-0.1, -0.05) is 29.5 Å². The summed E-state index contributed by atoms with van der Waals surface area (Å²) < 4.78 is 11.7. The molecule has 0 saturated heterocycles. The van der Waals surface area contributed by atoms with Crippen LogP contribution >= 0.6 is 23.7 Å². The Labute approximate surface area is 187 Å². The third kappa shape index (κ3) is 5.72. The fraction of sp³-hybridized carbons (Fsp3) is 0.273. The standard InChI is InChI=1S/C22H25N3O3S.ClH/c1-24(2)13-14-25(22-23-17-7-5-6-8-20(17)29-22)21(26)12-10-16-9-11-18(27-3)19(15-16)28-4;/h5-12,15H,13-14H2,1-4H3;1H. The molecule has 0 unspecified atom stereocenters. The van der Waals surface area contributed by atoms with Crippen LogP contribution in [0.25, 0.3) is 16.3 Å². The van der Waals surface area contributed by atoms with E-state index in [1.54, 1.807) is 31.3 Å². The number of fused-ring (bicyclic) bond motifs is 1. The van der Waals surface area contributed by atoms with Crippen LogP contribution in [-0.2, 0) is 4.79 Å². The molecule has 0 atom stereocenters. The number of amides is 1. The number of nitrogens with zero attached hydrogens (tertiary/aromatic N) is 3. The monoisotopic (exact) mass is 447 g/mol. The van der Waals surface area contributed by atoms with E-state index in [0.29, 0.717) is 23.2 Å². The molecule has 1 aromatic heterocycles. The number of aromatic nitrogens is 1. The van der Waals surface area contributed by atoms with Crippen molar-refractivity contribution < 1.29 is 14.3 Å². The first kappa shape index (κ1) is 23.7. The summed E-state index contributed by atoms with van der Waals surface area (Å²) in [6.07, 6.45) is 3.35. The van der Waals surface area contributed by atoms with Crippen LogP contribution in [0.3, 0.4) is 0 Å². The number of likely N-dealkylation sites (N-methyl/N-ethyl adjacent to an activating group) is 1. The predicted octanol–water partition coefficient (Wildman–Crippen LogP) is 4.34. The van der Waals surface area contributed by atoms with Gasteiger partial charge < -0.3 is 14.4 Å². The van der Waals surface area contributed by atoms with Gasteiger partial charge in [-0.05, 0) is 50.0 Å². The van der Waals surface area contributed by atoms with Crippen LogP contribution in [0.4, 0.5) is 5.13 Å². The third-order valence-corrected chi connectivity index (χ3v) is 5.44. The lowest BCUT2D eigenvalue weighted by atomic mass is 10.2. The van der Waals surface area contributed by atoms with E-state index >= 15 is 0 Å². The van der Waals surface area contributed by atoms with Crippen LogP contribution < -0.4 is 14.4 Å². The summed E-state index contributed by atoms with van der Waals surface area (Å²) >= 11 is 1.52. The normalized spacial score (nSPS) is 11.0. The summed E-state index contributed by atoms with van der Waals surface area (Å²) in [6.45, 7) is 1.30. The summed E-state index contributed by atoms with van der Waals surface area (Å²) in [5, 5.41) is 0.704. The van der Waals surface area contributed by atoms with Crippen molar-refractivity contribution in [3.63, 3.8) is 0 Å². The number of rotatable bonds is 8. The van der Waals surface area contributed by atoms with Crippen molar-refractivity contribution in [2.45, 2.75) is 0 Å². The van der Waals surface area contributed by atoms with Crippen LogP contribution in [0.2, 0.25) is 0 Å². The Balaban J connectivity index is 0.00000320. The van der Waals surface area contributed by atoms with E-state index in [1.807, 2.05) is 61.5 Å². The second-order valence-corrected chi connectivity index (χ2v) is 7.71. The molecular weight excluding hydrogens is 422 g/mol. The zero-order valence-electron chi connectivity index (χ0n) is 17.5. The maximum Gasteiger partial charge on any atom is 0.252 e. The smallest absolute Gasteiger partial charge is 0.252 e. The summed E-state index contributed by atoms with van der Waals surface area (Å²) in [7, 11) is 7.16. The summed E-state index contributed by atoms with van der Waals surface area (Å²) in [5.74, 6) is 1.16. The molecule has 6 nitrogen and oxygen atoms in total. The second-order valence-electron chi connectivity index (χ2n) is 6.71. The van der Waals surface area contributed by atoms with Gasteiger partial charge in [-0.15, -0.1) is 12.4 Å².